The van der Waals surface area contributed by atoms with Crippen molar-refractivity contribution in [3.63, 3.8) is 0 Å². The molecular weight excluding hydrogens is 238 g/mol. The van der Waals surface area contributed by atoms with Gasteiger partial charge in [0.15, 0.2) is 0 Å². The van der Waals surface area contributed by atoms with Crippen LogP contribution >= 0.6 is 0 Å². The van der Waals surface area contributed by atoms with Gasteiger partial charge in [-0.1, -0.05) is 12.1 Å². The fraction of sp³-hybridized carbons (Fsp3) is 0.267. The summed E-state index contributed by atoms with van der Waals surface area (Å²) in [6.07, 6.45) is 5.92. The molecule has 1 amide bonds. The van der Waals surface area contributed by atoms with Gasteiger partial charge in [0.2, 0.25) is 5.91 Å². The van der Waals surface area contributed by atoms with Crippen molar-refractivity contribution in [2.75, 3.05) is 11.9 Å². The predicted molar refractivity (Wildman–Crippen MR) is 75.4 cm³/mol. The van der Waals surface area contributed by atoms with Crippen molar-refractivity contribution in [2.24, 2.45) is 0 Å². The molecule has 19 heavy (non-hydrogen) atoms. The van der Waals surface area contributed by atoms with Crippen molar-refractivity contribution in [3.8, 4) is 5.69 Å². The summed E-state index contributed by atoms with van der Waals surface area (Å²) in [7, 11) is 0. The van der Waals surface area contributed by atoms with E-state index in [1.165, 1.54) is 0 Å². The molecule has 1 fully saturated rings. The lowest BCUT2D eigenvalue weighted by molar-refractivity contribution is -0.117. The third-order valence-corrected chi connectivity index (χ3v) is 3.42. The van der Waals surface area contributed by atoms with Gasteiger partial charge in [0.25, 0.3) is 0 Å². The van der Waals surface area contributed by atoms with E-state index in [9.17, 15) is 4.79 Å². The minimum atomic E-state index is -0.0577. The number of amides is 1. The van der Waals surface area contributed by atoms with Crippen LogP contribution in [-0.4, -0.2) is 23.1 Å². The van der Waals surface area contributed by atoms with Crippen LogP contribution in [0.1, 0.15) is 12.8 Å². The summed E-state index contributed by atoms with van der Waals surface area (Å²) in [5.41, 5.74) is 1.83. The molecule has 0 aliphatic carbocycles. The quantitative estimate of drug-likeness (QED) is 0.883. The van der Waals surface area contributed by atoms with Gasteiger partial charge in [-0.3, -0.25) is 4.79 Å². The predicted octanol–water partition coefficient (Wildman–Crippen LogP) is 2.17. The maximum Gasteiger partial charge on any atom is 0.241 e. The monoisotopic (exact) mass is 255 g/mol. The SMILES string of the molecule is O=C(Nc1ccccc1-n1cccc1)[C@@H]1CCCN1. The Bertz CT molecular complexity index is 557. The minimum absolute atomic E-state index is 0.0529. The van der Waals surface area contributed by atoms with Crippen molar-refractivity contribution in [1.29, 1.82) is 0 Å². The molecule has 0 bridgehead atoms. The average Bonchev–Trinajstić information content (AvgIpc) is 3.13. The van der Waals surface area contributed by atoms with Crippen LogP contribution in [0.25, 0.3) is 5.69 Å². The second-order valence-corrected chi connectivity index (χ2v) is 4.75. The number of hydrogen-bond acceptors (Lipinski definition) is 2. The largest absolute Gasteiger partial charge is 0.323 e. The molecule has 1 aliphatic heterocycles. The number of nitrogens with one attached hydrogen (secondary N) is 2. The summed E-state index contributed by atoms with van der Waals surface area (Å²) in [5.74, 6) is 0.0529. The van der Waals surface area contributed by atoms with Gasteiger partial charge in [0, 0.05) is 12.4 Å². The highest BCUT2D eigenvalue weighted by atomic mass is 16.2. The number of para-hydroxylation sites is 2. The molecule has 3 rings (SSSR count). The first-order chi connectivity index (χ1) is 9.34. The third-order valence-electron chi connectivity index (χ3n) is 3.42. The van der Waals surface area contributed by atoms with Gasteiger partial charge in [0.1, 0.15) is 0 Å². The Morgan fingerprint density at radius 1 is 1.21 bits per heavy atom. The number of carbonyl (C=O) groups excluding carboxylic acids is 1. The Morgan fingerprint density at radius 3 is 2.74 bits per heavy atom. The van der Waals surface area contributed by atoms with Gasteiger partial charge in [0.05, 0.1) is 17.4 Å². The number of hydrogen-bond donors (Lipinski definition) is 2. The van der Waals surface area contributed by atoms with Crippen molar-refractivity contribution < 1.29 is 4.79 Å². The number of carbonyl (C=O) groups is 1. The highest BCUT2D eigenvalue weighted by molar-refractivity contribution is 5.96. The van der Waals surface area contributed by atoms with Crippen molar-refractivity contribution in [3.05, 3.63) is 48.8 Å². The second-order valence-electron chi connectivity index (χ2n) is 4.75. The van der Waals surface area contributed by atoms with Crippen molar-refractivity contribution >= 4 is 11.6 Å². The molecule has 1 aromatic heterocycles. The molecule has 0 saturated carbocycles. The number of nitrogens with zero attached hydrogens (tertiary/aromatic N) is 1. The Morgan fingerprint density at radius 2 is 2.00 bits per heavy atom. The van der Waals surface area contributed by atoms with Crippen LogP contribution in [0.2, 0.25) is 0 Å². The molecule has 2 aromatic rings. The standard InChI is InChI=1S/C15H17N3O/c19-15(13-7-5-9-16-13)17-12-6-1-2-8-14(12)18-10-3-4-11-18/h1-4,6,8,10-11,13,16H,5,7,9H2,(H,17,19)/t13-/m0/s1. The Kier molecular flexibility index (Phi) is 3.33. The topological polar surface area (TPSA) is 46.1 Å². The summed E-state index contributed by atoms with van der Waals surface area (Å²) >= 11 is 0. The van der Waals surface area contributed by atoms with Crippen LogP contribution < -0.4 is 10.6 Å². The highest BCUT2D eigenvalue weighted by Gasteiger charge is 2.22. The molecule has 98 valence electrons. The van der Waals surface area contributed by atoms with E-state index in [2.05, 4.69) is 10.6 Å². The van der Waals surface area contributed by atoms with E-state index >= 15 is 0 Å². The van der Waals surface area contributed by atoms with Gasteiger partial charge >= 0.3 is 0 Å². The van der Waals surface area contributed by atoms with Crippen molar-refractivity contribution in [2.45, 2.75) is 18.9 Å². The van der Waals surface area contributed by atoms with Gasteiger partial charge in [-0.25, -0.2) is 0 Å². The molecule has 2 N–H and O–H groups in total. The second kappa shape index (κ2) is 5.28. The lowest BCUT2D eigenvalue weighted by Gasteiger charge is -2.15. The normalized spacial score (nSPS) is 18.4. The van der Waals surface area contributed by atoms with Gasteiger partial charge in [-0.2, -0.15) is 0 Å². The zero-order valence-corrected chi connectivity index (χ0v) is 10.7. The van der Waals surface area contributed by atoms with E-state index in [0.29, 0.717) is 0 Å². The van der Waals surface area contributed by atoms with E-state index in [-0.39, 0.29) is 11.9 Å². The molecule has 1 aromatic carbocycles. The minimum Gasteiger partial charge on any atom is -0.323 e. The lowest BCUT2D eigenvalue weighted by atomic mass is 10.2. The van der Waals surface area contributed by atoms with E-state index in [1.54, 1.807) is 0 Å². The van der Waals surface area contributed by atoms with E-state index in [4.69, 9.17) is 0 Å². The number of benzene rings is 1. The summed E-state index contributed by atoms with van der Waals surface area (Å²) in [4.78, 5) is 12.2. The van der Waals surface area contributed by atoms with Crippen LogP contribution in [0, 0.1) is 0 Å². The fourth-order valence-electron chi connectivity index (χ4n) is 2.43. The molecule has 0 spiro atoms. The summed E-state index contributed by atoms with van der Waals surface area (Å²) < 4.78 is 2.00. The van der Waals surface area contributed by atoms with Gasteiger partial charge in [-0.15, -0.1) is 0 Å². The van der Waals surface area contributed by atoms with Crippen LogP contribution in [0.4, 0.5) is 5.69 Å². The molecule has 1 aliphatic rings. The number of rotatable bonds is 3. The molecular formula is C15H17N3O. The van der Waals surface area contributed by atoms with E-state index in [0.717, 1.165) is 30.8 Å². The Hall–Kier alpha value is -2.07. The Balaban J connectivity index is 1.83. The fourth-order valence-corrected chi connectivity index (χ4v) is 2.43. The maximum atomic E-state index is 12.2. The Labute approximate surface area is 112 Å². The maximum absolute atomic E-state index is 12.2. The molecule has 4 heteroatoms. The van der Waals surface area contributed by atoms with E-state index in [1.807, 2.05) is 53.4 Å². The van der Waals surface area contributed by atoms with Crippen LogP contribution in [0.3, 0.4) is 0 Å². The van der Waals surface area contributed by atoms with Gasteiger partial charge < -0.3 is 15.2 Å². The zero-order valence-electron chi connectivity index (χ0n) is 10.7. The molecule has 2 heterocycles. The first-order valence-electron chi connectivity index (χ1n) is 6.61. The van der Waals surface area contributed by atoms with E-state index < -0.39 is 0 Å². The van der Waals surface area contributed by atoms with Crippen LogP contribution in [-0.2, 0) is 4.79 Å². The summed E-state index contributed by atoms with van der Waals surface area (Å²) in [6, 6.07) is 11.7. The zero-order chi connectivity index (χ0) is 13.1. The third kappa shape index (κ3) is 2.53. The number of anilines is 1. The summed E-state index contributed by atoms with van der Waals surface area (Å²) in [6.45, 7) is 0.928. The smallest absolute Gasteiger partial charge is 0.241 e. The van der Waals surface area contributed by atoms with Gasteiger partial charge in [-0.05, 0) is 43.7 Å². The first kappa shape index (κ1) is 12.0. The molecule has 4 nitrogen and oxygen atoms in total. The molecule has 0 unspecified atom stereocenters. The highest BCUT2D eigenvalue weighted by Crippen LogP contribution is 2.20. The average molecular weight is 255 g/mol. The summed E-state index contributed by atoms with van der Waals surface area (Å²) in [5, 5.41) is 6.23. The number of aromatic nitrogens is 1. The molecule has 1 saturated heterocycles. The first-order valence-corrected chi connectivity index (χ1v) is 6.61. The molecule has 0 radical (unpaired) electrons. The van der Waals surface area contributed by atoms with Crippen LogP contribution in [0.5, 0.6) is 0 Å². The molecule has 1 atom stereocenters. The van der Waals surface area contributed by atoms with Crippen LogP contribution in [0.15, 0.2) is 48.8 Å². The lowest BCUT2D eigenvalue weighted by Crippen LogP contribution is -2.35. The van der Waals surface area contributed by atoms with Crippen molar-refractivity contribution in [1.82, 2.24) is 9.88 Å².